The highest BCUT2D eigenvalue weighted by Crippen LogP contribution is 2.28. The van der Waals surface area contributed by atoms with Gasteiger partial charge in [0, 0.05) is 16.4 Å². The Bertz CT molecular complexity index is 569. The molecule has 2 aromatic rings. The average Bonchev–Trinajstić information content (AvgIpc) is 3.14. The highest BCUT2D eigenvalue weighted by atomic mass is 32.1. The molecule has 86 valence electrons. The molecule has 0 radical (unpaired) electrons. The van der Waals surface area contributed by atoms with E-state index < -0.39 is 0 Å². The van der Waals surface area contributed by atoms with Gasteiger partial charge in [-0.3, -0.25) is 0 Å². The van der Waals surface area contributed by atoms with Gasteiger partial charge in [-0.25, -0.2) is 0 Å². The minimum absolute atomic E-state index is 0.448. The summed E-state index contributed by atoms with van der Waals surface area (Å²) < 4.78 is 6.55. The lowest BCUT2D eigenvalue weighted by Gasteiger charge is -2.06. The van der Waals surface area contributed by atoms with E-state index in [1.807, 2.05) is 30.5 Å². The van der Waals surface area contributed by atoms with Crippen LogP contribution in [0.15, 0.2) is 42.6 Å². The first-order valence-corrected chi connectivity index (χ1v) is 6.18. The molecule has 2 nitrogen and oxygen atoms in total. The molecule has 0 bridgehead atoms. The van der Waals surface area contributed by atoms with Crippen molar-refractivity contribution >= 4 is 12.2 Å². The number of hydrogen-bond acceptors (Lipinski definition) is 2. The lowest BCUT2D eigenvalue weighted by atomic mass is 10.1. The normalized spacial score (nSPS) is 14.6. The van der Waals surface area contributed by atoms with Gasteiger partial charge in [0.15, 0.2) is 0 Å². The molecule has 3 rings (SSSR count). The molecule has 1 aliphatic carbocycles. The van der Waals surface area contributed by atoms with E-state index in [-0.39, 0.29) is 0 Å². The summed E-state index contributed by atoms with van der Waals surface area (Å²) in [5, 5.41) is 0. The lowest BCUT2D eigenvalue weighted by Crippen LogP contribution is -1.95. The molecule has 1 fully saturated rings. The van der Waals surface area contributed by atoms with Crippen LogP contribution in [0.2, 0.25) is 0 Å². The van der Waals surface area contributed by atoms with Gasteiger partial charge in [-0.05, 0) is 54.8 Å². The maximum Gasteiger partial charge on any atom is 0.119 e. The maximum atomic E-state index is 5.71. The van der Waals surface area contributed by atoms with Crippen LogP contribution in [-0.4, -0.2) is 11.1 Å². The Balaban J connectivity index is 1.85. The van der Waals surface area contributed by atoms with Gasteiger partial charge in [0.25, 0.3) is 0 Å². The Morgan fingerprint density at radius 3 is 2.53 bits per heavy atom. The third kappa shape index (κ3) is 2.56. The molecule has 1 aromatic heterocycles. The molecule has 1 aromatic carbocycles. The van der Waals surface area contributed by atoms with Crippen LogP contribution < -0.4 is 4.74 Å². The van der Waals surface area contributed by atoms with Gasteiger partial charge >= 0.3 is 0 Å². The van der Waals surface area contributed by atoms with Crippen LogP contribution >= 0.6 is 12.2 Å². The molecule has 0 spiro atoms. The van der Waals surface area contributed by atoms with E-state index in [1.165, 1.54) is 12.8 Å². The van der Waals surface area contributed by atoms with Crippen LogP contribution in [0.4, 0.5) is 0 Å². The molecule has 1 N–H and O–H groups in total. The first kappa shape index (κ1) is 10.5. The number of hydrogen-bond donors (Lipinski definition) is 1. The van der Waals surface area contributed by atoms with Crippen molar-refractivity contribution < 1.29 is 4.74 Å². The summed E-state index contributed by atoms with van der Waals surface area (Å²) in [6.07, 6.45) is 4.69. The monoisotopic (exact) mass is 243 g/mol. The van der Waals surface area contributed by atoms with E-state index in [4.69, 9.17) is 17.0 Å². The van der Waals surface area contributed by atoms with Crippen molar-refractivity contribution in [3.8, 4) is 17.0 Å². The number of aromatic nitrogens is 1. The molecule has 0 amide bonds. The highest BCUT2D eigenvalue weighted by molar-refractivity contribution is 7.71. The third-order valence-corrected chi connectivity index (χ3v) is 3.02. The van der Waals surface area contributed by atoms with E-state index in [1.54, 1.807) is 0 Å². The van der Waals surface area contributed by atoms with Gasteiger partial charge in [-0.2, -0.15) is 0 Å². The van der Waals surface area contributed by atoms with Crippen LogP contribution in [0.5, 0.6) is 5.75 Å². The molecule has 1 saturated carbocycles. The van der Waals surface area contributed by atoms with E-state index in [9.17, 15) is 0 Å². The number of aromatic amines is 1. The van der Waals surface area contributed by atoms with Crippen LogP contribution in [0.25, 0.3) is 11.3 Å². The van der Waals surface area contributed by atoms with Gasteiger partial charge in [0.05, 0.1) is 6.10 Å². The maximum absolute atomic E-state index is 5.71. The van der Waals surface area contributed by atoms with Crippen molar-refractivity contribution in [1.29, 1.82) is 0 Å². The van der Waals surface area contributed by atoms with Crippen LogP contribution in [0.1, 0.15) is 12.8 Å². The largest absolute Gasteiger partial charge is 0.490 e. The fraction of sp³-hybridized carbons (Fsp3) is 0.214. The molecule has 0 unspecified atom stereocenters. The summed E-state index contributed by atoms with van der Waals surface area (Å²) in [4.78, 5) is 3.19. The molecule has 1 heterocycles. The third-order valence-electron chi connectivity index (χ3n) is 2.77. The van der Waals surface area contributed by atoms with Gasteiger partial charge in [0.2, 0.25) is 0 Å². The van der Waals surface area contributed by atoms with Crippen LogP contribution in [0.3, 0.4) is 0 Å². The molecule has 0 atom stereocenters. The number of pyridine rings is 1. The molecule has 3 heteroatoms. The zero-order valence-electron chi connectivity index (χ0n) is 9.35. The zero-order valence-corrected chi connectivity index (χ0v) is 10.2. The zero-order chi connectivity index (χ0) is 11.7. The first-order valence-electron chi connectivity index (χ1n) is 5.77. The lowest BCUT2D eigenvalue weighted by molar-refractivity contribution is 0.303. The summed E-state index contributed by atoms with van der Waals surface area (Å²) in [7, 11) is 0. The predicted molar refractivity (Wildman–Crippen MR) is 70.7 cm³/mol. The van der Waals surface area contributed by atoms with Gasteiger partial charge in [-0.15, -0.1) is 0 Å². The summed E-state index contributed by atoms with van der Waals surface area (Å²) in [5.74, 6) is 0.950. The van der Waals surface area contributed by atoms with Crippen molar-refractivity contribution in [1.82, 2.24) is 4.98 Å². The Morgan fingerprint density at radius 1 is 1.12 bits per heavy atom. The molecule has 17 heavy (non-hydrogen) atoms. The van der Waals surface area contributed by atoms with Crippen molar-refractivity contribution in [3.63, 3.8) is 0 Å². The van der Waals surface area contributed by atoms with E-state index >= 15 is 0 Å². The molecular formula is C14H13NOS. The Morgan fingerprint density at radius 2 is 1.88 bits per heavy atom. The Hall–Kier alpha value is -1.61. The van der Waals surface area contributed by atoms with Crippen LogP contribution in [-0.2, 0) is 0 Å². The Labute approximate surface area is 105 Å². The topological polar surface area (TPSA) is 25.0 Å². The molecule has 1 aliphatic rings. The average molecular weight is 243 g/mol. The van der Waals surface area contributed by atoms with Crippen molar-refractivity contribution in [2.24, 2.45) is 0 Å². The van der Waals surface area contributed by atoms with Gasteiger partial charge in [0.1, 0.15) is 5.75 Å². The van der Waals surface area contributed by atoms with E-state index in [2.05, 4.69) is 17.1 Å². The number of benzene rings is 1. The Kier molecular flexibility index (Phi) is 2.69. The second-order valence-electron chi connectivity index (χ2n) is 4.28. The fourth-order valence-electron chi connectivity index (χ4n) is 1.70. The smallest absolute Gasteiger partial charge is 0.119 e. The summed E-state index contributed by atoms with van der Waals surface area (Å²) >= 11 is 5.15. The van der Waals surface area contributed by atoms with E-state index in [0.29, 0.717) is 6.10 Å². The fourth-order valence-corrected chi connectivity index (χ4v) is 1.89. The number of ether oxygens (including phenoxy) is 1. The second kappa shape index (κ2) is 4.34. The highest BCUT2D eigenvalue weighted by Gasteiger charge is 2.23. The molecular weight excluding hydrogens is 230 g/mol. The molecule has 0 aliphatic heterocycles. The minimum atomic E-state index is 0.448. The van der Waals surface area contributed by atoms with Crippen LogP contribution in [0, 0.1) is 4.51 Å². The van der Waals surface area contributed by atoms with Crippen molar-refractivity contribution in [3.05, 3.63) is 47.1 Å². The minimum Gasteiger partial charge on any atom is -0.490 e. The number of nitrogens with one attached hydrogen (secondary N) is 1. The summed E-state index contributed by atoms with van der Waals surface area (Å²) in [5.41, 5.74) is 2.16. The summed E-state index contributed by atoms with van der Waals surface area (Å²) in [6.45, 7) is 0. The number of rotatable bonds is 3. The predicted octanol–water partition coefficient (Wildman–Crippen LogP) is 3.95. The quantitative estimate of drug-likeness (QED) is 0.826. The van der Waals surface area contributed by atoms with E-state index in [0.717, 1.165) is 21.5 Å². The first-order chi connectivity index (χ1) is 8.31. The van der Waals surface area contributed by atoms with Crippen molar-refractivity contribution in [2.45, 2.75) is 18.9 Å². The standard InChI is InChI=1S/C14H13NOS/c17-13-7-8-15-14(9-13)10-1-3-11(4-2-10)16-12-5-6-12/h1-4,7-9,12H,5-6H2,(H,15,17). The van der Waals surface area contributed by atoms with Crippen molar-refractivity contribution in [2.75, 3.05) is 0 Å². The number of H-pyrrole nitrogens is 1. The molecule has 0 saturated heterocycles. The summed E-state index contributed by atoms with van der Waals surface area (Å²) in [6, 6.07) is 12.0. The second-order valence-corrected chi connectivity index (χ2v) is 4.75. The van der Waals surface area contributed by atoms with Gasteiger partial charge in [-0.1, -0.05) is 12.2 Å². The SMILES string of the molecule is S=c1cc[nH]c(-c2ccc(OC3CC3)cc2)c1. The van der Waals surface area contributed by atoms with Gasteiger partial charge < -0.3 is 9.72 Å².